The predicted molar refractivity (Wildman–Crippen MR) is 120 cm³/mol. The lowest BCUT2D eigenvalue weighted by molar-refractivity contribution is -0.118. The molecule has 0 radical (unpaired) electrons. The number of rotatable bonds is 6. The number of thioether (sulfide) groups is 1. The standard InChI is InChI=1S/C21H21FN6OS2/c1-12-18(13(2)28-20(23-12)25-21(26-28)30-4)9-19(29)27(10-16-11-31-14(3)24-16)17-7-5-15(22)6-8-17/h5-8,11H,9-10H2,1-4H3. The van der Waals surface area contributed by atoms with Gasteiger partial charge >= 0.3 is 0 Å². The molecule has 0 saturated heterocycles. The highest BCUT2D eigenvalue weighted by molar-refractivity contribution is 7.98. The van der Waals surface area contributed by atoms with Crippen LogP contribution in [0.25, 0.3) is 5.78 Å². The van der Waals surface area contributed by atoms with Crippen LogP contribution in [0.4, 0.5) is 10.1 Å². The van der Waals surface area contributed by atoms with Gasteiger partial charge in [-0.1, -0.05) is 11.8 Å². The topological polar surface area (TPSA) is 76.3 Å². The van der Waals surface area contributed by atoms with E-state index in [4.69, 9.17) is 0 Å². The molecule has 0 saturated carbocycles. The molecular formula is C21H21FN6OS2. The quantitative estimate of drug-likeness (QED) is 0.406. The van der Waals surface area contributed by atoms with Crippen LogP contribution in [0.2, 0.25) is 0 Å². The van der Waals surface area contributed by atoms with E-state index in [2.05, 4.69) is 20.1 Å². The summed E-state index contributed by atoms with van der Waals surface area (Å²) in [6.07, 6.45) is 2.04. The zero-order valence-corrected chi connectivity index (χ0v) is 19.2. The van der Waals surface area contributed by atoms with Crippen molar-refractivity contribution in [1.29, 1.82) is 0 Å². The number of anilines is 1. The van der Waals surface area contributed by atoms with E-state index in [1.807, 2.05) is 32.4 Å². The van der Waals surface area contributed by atoms with Gasteiger partial charge < -0.3 is 4.90 Å². The van der Waals surface area contributed by atoms with Gasteiger partial charge in [-0.2, -0.15) is 4.98 Å². The third-order valence-electron chi connectivity index (χ3n) is 4.97. The summed E-state index contributed by atoms with van der Waals surface area (Å²) in [6.45, 7) is 6.01. The molecule has 3 aromatic heterocycles. The molecule has 0 fully saturated rings. The number of hydrogen-bond acceptors (Lipinski definition) is 7. The Balaban J connectivity index is 1.69. The molecule has 0 aliphatic rings. The first-order valence-electron chi connectivity index (χ1n) is 9.59. The zero-order chi connectivity index (χ0) is 22.1. The molecule has 0 atom stereocenters. The van der Waals surface area contributed by atoms with E-state index in [-0.39, 0.29) is 18.1 Å². The second kappa shape index (κ2) is 8.72. The van der Waals surface area contributed by atoms with Gasteiger partial charge in [0.2, 0.25) is 11.1 Å². The largest absolute Gasteiger partial charge is 0.306 e. The smallest absolute Gasteiger partial charge is 0.253 e. The Hall–Kier alpha value is -2.85. The number of thiazole rings is 1. The van der Waals surface area contributed by atoms with Crippen molar-refractivity contribution in [3.63, 3.8) is 0 Å². The molecule has 0 aliphatic heterocycles. The van der Waals surface area contributed by atoms with E-state index in [1.54, 1.807) is 21.5 Å². The van der Waals surface area contributed by atoms with E-state index in [9.17, 15) is 9.18 Å². The van der Waals surface area contributed by atoms with Crippen molar-refractivity contribution >= 4 is 40.5 Å². The van der Waals surface area contributed by atoms with Crippen LogP contribution in [-0.4, -0.2) is 36.7 Å². The zero-order valence-electron chi connectivity index (χ0n) is 17.6. The van der Waals surface area contributed by atoms with Crippen molar-refractivity contribution in [2.75, 3.05) is 11.2 Å². The monoisotopic (exact) mass is 456 g/mol. The summed E-state index contributed by atoms with van der Waals surface area (Å²) < 4.78 is 15.1. The molecule has 4 aromatic rings. The van der Waals surface area contributed by atoms with Crippen molar-refractivity contribution in [2.45, 2.75) is 38.9 Å². The highest BCUT2D eigenvalue weighted by Gasteiger charge is 2.22. The molecule has 4 rings (SSSR count). The third-order valence-corrected chi connectivity index (χ3v) is 6.33. The van der Waals surface area contributed by atoms with E-state index >= 15 is 0 Å². The Morgan fingerprint density at radius 1 is 1.16 bits per heavy atom. The molecule has 10 heteroatoms. The lowest BCUT2D eigenvalue weighted by atomic mass is 10.1. The van der Waals surface area contributed by atoms with Gasteiger partial charge in [0.05, 0.1) is 23.7 Å². The van der Waals surface area contributed by atoms with Crippen molar-refractivity contribution in [3.8, 4) is 0 Å². The number of hydrogen-bond donors (Lipinski definition) is 0. The number of benzene rings is 1. The lowest BCUT2D eigenvalue weighted by Crippen LogP contribution is -2.32. The van der Waals surface area contributed by atoms with Gasteiger partial charge in [0.25, 0.3) is 5.78 Å². The lowest BCUT2D eigenvalue weighted by Gasteiger charge is -2.23. The minimum absolute atomic E-state index is 0.130. The average Bonchev–Trinajstić information content (AvgIpc) is 3.35. The van der Waals surface area contributed by atoms with Gasteiger partial charge in [-0.05, 0) is 51.3 Å². The molecular weight excluding hydrogens is 435 g/mol. The van der Waals surface area contributed by atoms with Crippen LogP contribution in [0, 0.1) is 26.6 Å². The van der Waals surface area contributed by atoms with E-state index in [0.29, 0.717) is 23.2 Å². The molecule has 3 heterocycles. The molecule has 160 valence electrons. The average molecular weight is 457 g/mol. The first kappa shape index (κ1) is 21.4. The first-order chi connectivity index (χ1) is 14.9. The predicted octanol–water partition coefficient (Wildman–Crippen LogP) is 4.14. The van der Waals surface area contributed by atoms with Crippen molar-refractivity contribution in [3.05, 3.63) is 63.1 Å². The third kappa shape index (κ3) is 4.45. The number of amides is 1. The summed E-state index contributed by atoms with van der Waals surface area (Å²) >= 11 is 2.97. The molecule has 0 spiro atoms. The molecule has 0 bridgehead atoms. The maximum atomic E-state index is 13.5. The second-order valence-corrected chi connectivity index (χ2v) is 8.90. The van der Waals surface area contributed by atoms with Crippen molar-refractivity contribution in [2.24, 2.45) is 0 Å². The van der Waals surface area contributed by atoms with Crippen LogP contribution in [0.15, 0.2) is 34.8 Å². The summed E-state index contributed by atoms with van der Waals surface area (Å²) in [5.41, 5.74) is 3.78. The van der Waals surface area contributed by atoms with Crippen LogP contribution < -0.4 is 4.90 Å². The van der Waals surface area contributed by atoms with Crippen molar-refractivity contribution in [1.82, 2.24) is 24.6 Å². The van der Waals surface area contributed by atoms with Gasteiger partial charge in [0.15, 0.2) is 0 Å². The number of aryl methyl sites for hydroxylation is 3. The van der Waals surface area contributed by atoms with Gasteiger partial charge in [-0.15, -0.1) is 16.4 Å². The summed E-state index contributed by atoms with van der Waals surface area (Å²) in [4.78, 5) is 28.5. The minimum Gasteiger partial charge on any atom is -0.306 e. The summed E-state index contributed by atoms with van der Waals surface area (Å²) in [6, 6.07) is 5.92. The van der Waals surface area contributed by atoms with Gasteiger partial charge in [0.1, 0.15) is 5.82 Å². The number of nitrogens with zero attached hydrogens (tertiary/aromatic N) is 6. The molecule has 0 N–H and O–H groups in total. The van der Waals surface area contributed by atoms with Gasteiger partial charge in [-0.25, -0.2) is 18.9 Å². The Bertz CT molecular complexity index is 1250. The number of fused-ring (bicyclic) bond motifs is 1. The van der Waals surface area contributed by atoms with Crippen molar-refractivity contribution < 1.29 is 9.18 Å². The van der Waals surface area contributed by atoms with Crippen LogP contribution >= 0.6 is 23.1 Å². The SMILES string of the molecule is CSc1nc2nc(C)c(CC(=O)N(Cc3csc(C)n3)c3ccc(F)cc3)c(C)n2n1. The summed E-state index contributed by atoms with van der Waals surface area (Å²) in [5, 5.41) is 7.95. The fraction of sp³-hybridized carbons (Fsp3) is 0.286. The Kier molecular flexibility index (Phi) is 6.01. The highest BCUT2D eigenvalue weighted by atomic mass is 32.2. The van der Waals surface area contributed by atoms with Gasteiger partial charge in [-0.3, -0.25) is 4.79 Å². The second-order valence-electron chi connectivity index (χ2n) is 7.06. The number of aromatic nitrogens is 5. The highest BCUT2D eigenvalue weighted by Crippen LogP contribution is 2.23. The number of halogens is 1. The van der Waals surface area contributed by atoms with Gasteiger partial charge in [0, 0.05) is 28.0 Å². The molecule has 31 heavy (non-hydrogen) atoms. The van der Waals surface area contributed by atoms with E-state index in [1.165, 1.54) is 35.2 Å². The Morgan fingerprint density at radius 3 is 2.55 bits per heavy atom. The Labute approximate surface area is 187 Å². The summed E-state index contributed by atoms with van der Waals surface area (Å²) in [7, 11) is 0. The first-order valence-corrected chi connectivity index (χ1v) is 11.7. The van der Waals surface area contributed by atoms with E-state index in [0.717, 1.165) is 27.7 Å². The maximum Gasteiger partial charge on any atom is 0.253 e. The molecule has 1 aromatic carbocycles. The fourth-order valence-corrected chi connectivity index (χ4v) is 4.31. The van der Waals surface area contributed by atoms with Crippen LogP contribution in [0.1, 0.15) is 27.7 Å². The van der Waals surface area contributed by atoms with E-state index < -0.39 is 0 Å². The number of carbonyl (C=O) groups is 1. The number of carbonyl (C=O) groups excluding carboxylic acids is 1. The van der Waals surface area contributed by atoms with Crippen LogP contribution in [-0.2, 0) is 17.8 Å². The van der Waals surface area contributed by atoms with Crippen LogP contribution in [0.5, 0.6) is 0 Å². The molecule has 1 amide bonds. The maximum absolute atomic E-state index is 13.5. The summed E-state index contributed by atoms with van der Waals surface area (Å²) in [5.74, 6) is 0.0384. The minimum atomic E-state index is -0.349. The van der Waals surface area contributed by atoms with Crippen LogP contribution in [0.3, 0.4) is 0 Å². The fourth-order valence-electron chi connectivity index (χ4n) is 3.37. The molecule has 0 unspecified atom stereocenters. The molecule has 0 aliphatic carbocycles. The Morgan fingerprint density at radius 2 is 1.90 bits per heavy atom. The normalized spacial score (nSPS) is 11.3. The molecule has 7 nitrogen and oxygen atoms in total.